The molecule has 0 amide bonds. The van der Waals surface area contributed by atoms with Crippen LogP contribution in [0.3, 0.4) is 0 Å². The highest BCUT2D eigenvalue weighted by Crippen LogP contribution is 2.17. The van der Waals surface area contributed by atoms with Gasteiger partial charge >= 0.3 is 0 Å². The third-order valence-corrected chi connectivity index (χ3v) is 3.76. The van der Waals surface area contributed by atoms with Crippen molar-refractivity contribution in [3.05, 3.63) is 23.4 Å². The van der Waals surface area contributed by atoms with Crippen LogP contribution in [0.25, 0.3) is 0 Å². The minimum atomic E-state index is 0.513. The fourth-order valence-electron chi connectivity index (χ4n) is 2.58. The summed E-state index contributed by atoms with van der Waals surface area (Å²) in [6, 6.07) is 4.94. The minimum absolute atomic E-state index is 0.513. The lowest BCUT2D eigenvalue weighted by molar-refractivity contribution is 0.360. The Hall–Kier alpha value is -1.13. The molecular formula is C16H28N4. The molecule has 2 heterocycles. The number of aryl methyl sites for hydroxylation is 1. The Morgan fingerprint density at radius 1 is 1.20 bits per heavy atom. The first kappa shape index (κ1) is 15.3. The van der Waals surface area contributed by atoms with E-state index < -0.39 is 0 Å². The van der Waals surface area contributed by atoms with Crippen molar-refractivity contribution in [3.63, 3.8) is 0 Å². The second-order valence-electron chi connectivity index (χ2n) is 6.15. The third-order valence-electron chi connectivity index (χ3n) is 3.76. The summed E-state index contributed by atoms with van der Waals surface area (Å²) in [6.45, 7) is 11.9. The number of aromatic nitrogens is 1. The van der Waals surface area contributed by atoms with Crippen molar-refractivity contribution < 1.29 is 0 Å². The van der Waals surface area contributed by atoms with E-state index in [0.29, 0.717) is 6.04 Å². The van der Waals surface area contributed by atoms with Gasteiger partial charge in [0.1, 0.15) is 5.82 Å². The van der Waals surface area contributed by atoms with Gasteiger partial charge in [-0.3, -0.25) is 0 Å². The largest absolute Gasteiger partial charge is 0.355 e. The van der Waals surface area contributed by atoms with E-state index in [4.69, 9.17) is 4.98 Å². The highest BCUT2D eigenvalue weighted by atomic mass is 15.2. The molecule has 20 heavy (non-hydrogen) atoms. The SMILES string of the molecule is Cc1cc(CNC(C)C)cc(N2CCCN(C)CC2)n1. The van der Waals surface area contributed by atoms with E-state index in [1.54, 1.807) is 0 Å². The number of hydrogen-bond acceptors (Lipinski definition) is 4. The van der Waals surface area contributed by atoms with Gasteiger partial charge in [0.15, 0.2) is 0 Å². The predicted molar refractivity (Wildman–Crippen MR) is 85.3 cm³/mol. The fourth-order valence-corrected chi connectivity index (χ4v) is 2.58. The Morgan fingerprint density at radius 2 is 2.00 bits per heavy atom. The van der Waals surface area contributed by atoms with Gasteiger partial charge in [0.2, 0.25) is 0 Å². The number of anilines is 1. The molecule has 0 spiro atoms. The van der Waals surface area contributed by atoms with Crippen molar-refractivity contribution in [2.75, 3.05) is 38.1 Å². The van der Waals surface area contributed by atoms with Crippen LogP contribution in [0.5, 0.6) is 0 Å². The van der Waals surface area contributed by atoms with E-state index >= 15 is 0 Å². The van der Waals surface area contributed by atoms with Crippen LogP contribution in [0.15, 0.2) is 12.1 Å². The van der Waals surface area contributed by atoms with Gasteiger partial charge in [0.25, 0.3) is 0 Å². The van der Waals surface area contributed by atoms with Gasteiger partial charge in [0, 0.05) is 37.9 Å². The third kappa shape index (κ3) is 4.46. The molecule has 1 aliphatic heterocycles. The second-order valence-corrected chi connectivity index (χ2v) is 6.15. The number of nitrogens with one attached hydrogen (secondary N) is 1. The zero-order valence-corrected chi connectivity index (χ0v) is 13.3. The van der Waals surface area contributed by atoms with E-state index in [1.165, 1.54) is 18.5 Å². The van der Waals surface area contributed by atoms with Crippen LogP contribution in [0.1, 0.15) is 31.5 Å². The van der Waals surface area contributed by atoms with E-state index in [0.717, 1.165) is 37.7 Å². The van der Waals surface area contributed by atoms with Crippen molar-refractivity contribution in [1.29, 1.82) is 0 Å². The van der Waals surface area contributed by atoms with Gasteiger partial charge in [-0.25, -0.2) is 4.98 Å². The Labute approximate surface area is 123 Å². The minimum Gasteiger partial charge on any atom is -0.355 e. The molecule has 0 radical (unpaired) electrons. The highest BCUT2D eigenvalue weighted by molar-refractivity contribution is 5.43. The standard InChI is InChI=1S/C16H28N4/c1-13(2)17-12-15-10-14(3)18-16(11-15)20-7-5-6-19(4)8-9-20/h10-11,13,17H,5-9,12H2,1-4H3. The van der Waals surface area contributed by atoms with Gasteiger partial charge in [-0.15, -0.1) is 0 Å². The molecule has 0 unspecified atom stereocenters. The van der Waals surface area contributed by atoms with Crippen molar-refractivity contribution >= 4 is 5.82 Å². The van der Waals surface area contributed by atoms with Crippen LogP contribution < -0.4 is 10.2 Å². The molecule has 0 aliphatic carbocycles. The van der Waals surface area contributed by atoms with Crippen LogP contribution >= 0.6 is 0 Å². The lowest BCUT2D eigenvalue weighted by Crippen LogP contribution is -2.30. The molecule has 0 saturated carbocycles. The zero-order chi connectivity index (χ0) is 14.5. The van der Waals surface area contributed by atoms with Crippen molar-refractivity contribution in [1.82, 2.24) is 15.2 Å². The topological polar surface area (TPSA) is 31.4 Å². The van der Waals surface area contributed by atoms with Crippen molar-refractivity contribution in [3.8, 4) is 0 Å². The second kappa shape index (κ2) is 7.04. The summed E-state index contributed by atoms with van der Waals surface area (Å²) in [4.78, 5) is 9.56. The summed E-state index contributed by atoms with van der Waals surface area (Å²) >= 11 is 0. The molecule has 1 aliphatic rings. The van der Waals surface area contributed by atoms with Crippen LogP contribution in [-0.2, 0) is 6.54 Å². The summed E-state index contributed by atoms with van der Waals surface area (Å²) in [5.41, 5.74) is 2.44. The number of rotatable bonds is 4. The molecule has 4 heteroatoms. The molecule has 1 fully saturated rings. The first-order valence-electron chi connectivity index (χ1n) is 7.69. The van der Waals surface area contributed by atoms with Gasteiger partial charge in [-0.2, -0.15) is 0 Å². The molecule has 1 N–H and O–H groups in total. The fraction of sp³-hybridized carbons (Fsp3) is 0.688. The summed E-state index contributed by atoms with van der Waals surface area (Å²) in [5.74, 6) is 1.14. The average molecular weight is 276 g/mol. The Kier molecular flexibility index (Phi) is 5.38. The maximum Gasteiger partial charge on any atom is 0.129 e. The molecule has 112 valence electrons. The van der Waals surface area contributed by atoms with Crippen LogP contribution in [0.2, 0.25) is 0 Å². The van der Waals surface area contributed by atoms with E-state index in [-0.39, 0.29) is 0 Å². The summed E-state index contributed by atoms with van der Waals surface area (Å²) in [6.07, 6.45) is 1.21. The first-order chi connectivity index (χ1) is 9.54. The number of likely N-dealkylation sites (N-methyl/N-ethyl adjacent to an activating group) is 1. The Morgan fingerprint density at radius 3 is 2.75 bits per heavy atom. The lowest BCUT2D eigenvalue weighted by atomic mass is 10.2. The maximum atomic E-state index is 4.73. The van der Waals surface area contributed by atoms with E-state index in [1.807, 2.05) is 0 Å². The predicted octanol–water partition coefficient (Wildman–Crippen LogP) is 2.03. The molecular weight excluding hydrogens is 248 g/mol. The molecule has 1 aromatic rings. The number of hydrogen-bond donors (Lipinski definition) is 1. The van der Waals surface area contributed by atoms with Gasteiger partial charge in [0.05, 0.1) is 0 Å². The molecule has 1 aromatic heterocycles. The molecule has 4 nitrogen and oxygen atoms in total. The van der Waals surface area contributed by atoms with E-state index in [2.05, 4.69) is 55.1 Å². The van der Waals surface area contributed by atoms with Gasteiger partial charge in [-0.1, -0.05) is 13.8 Å². The smallest absolute Gasteiger partial charge is 0.129 e. The van der Waals surface area contributed by atoms with Crippen molar-refractivity contribution in [2.45, 2.75) is 39.8 Å². The zero-order valence-electron chi connectivity index (χ0n) is 13.3. The molecule has 2 rings (SSSR count). The van der Waals surface area contributed by atoms with Crippen LogP contribution in [0, 0.1) is 6.92 Å². The summed E-state index contributed by atoms with van der Waals surface area (Å²) in [5, 5.41) is 3.48. The van der Waals surface area contributed by atoms with Crippen LogP contribution in [0.4, 0.5) is 5.82 Å². The van der Waals surface area contributed by atoms with Gasteiger partial charge in [-0.05, 0) is 44.6 Å². The molecule has 1 saturated heterocycles. The molecule has 0 atom stereocenters. The maximum absolute atomic E-state index is 4.73. The lowest BCUT2D eigenvalue weighted by Gasteiger charge is -2.23. The van der Waals surface area contributed by atoms with Crippen LogP contribution in [-0.4, -0.2) is 49.2 Å². The summed E-state index contributed by atoms with van der Waals surface area (Å²) in [7, 11) is 2.20. The molecule has 0 bridgehead atoms. The summed E-state index contributed by atoms with van der Waals surface area (Å²) < 4.78 is 0. The number of nitrogens with zero attached hydrogens (tertiary/aromatic N) is 3. The van der Waals surface area contributed by atoms with Gasteiger partial charge < -0.3 is 15.1 Å². The first-order valence-corrected chi connectivity index (χ1v) is 7.69. The number of pyridine rings is 1. The average Bonchev–Trinajstić information content (AvgIpc) is 2.60. The molecule has 0 aromatic carbocycles. The monoisotopic (exact) mass is 276 g/mol. The van der Waals surface area contributed by atoms with Crippen molar-refractivity contribution in [2.24, 2.45) is 0 Å². The normalized spacial score (nSPS) is 17.6. The quantitative estimate of drug-likeness (QED) is 0.912. The Balaban J connectivity index is 2.10. The Bertz CT molecular complexity index is 430. The van der Waals surface area contributed by atoms with E-state index in [9.17, 15) is 0 Å². The highest BCUT2D eigenvalue weighted by Gasteiger charge is 2.14.